The van der Waals surface area contributed by atoms with Crippen molar-refractivity contribution in [3.05, 3.63) is 34.1 Å². The predicted octanol–water partition coefficient (Wildman–Crippen LogP) is 2.60. The number of nitrogens with two attached hydrogens (primary N) is 1. The number of halogens is 2. The van der Waals surface area contributed by atoms with Gasteiger partial charge in [-0.25, -0.2) is 10.2 Å². The van der Waals surface area contributed by atoms with Crippen molar-refractivity contribution in [3.8, 4) is 0 Å². The van der Waals surface area contributed by atoms with Crippen LogP contribution in [0, 0.1) is 5.82 Å². The Bertz CT molecular complexity index is 390. The van der Waals surface area contributed by atoms with Gasteiger partial charge in [-0.15, -0.1) is 0 Å². The minimum Gasteiger partial charge on any atom is -0.308 e. The summed E-state index contributed by atoms with van der Waals surface area (Å²) in [5.74, 6) is 5.53. The van der Waals surface area contributed by atoms with Gasteiger partial charge in [-0.05, 0) is 39.0 Å². The van der Waals surface area contributed by atoms with Gasteiger partial charge in [0.05, 0.1) is 5.54 Å². The number of hydrogen-bond donors (Lipinski definition) is 2. The third kappa shape index (κ3) is 3.90. The molecular weight excluding hydrogens is 273 g/mol. The van der Waals surface area contributed by atoms with E-state index in [1.807, 2.05) is 20.8 Å². The topological polar surface area (TPSA) is 50.4 Å². The van der Waals surface area contributed by atoms with Gasteiger partial charge in [0, 0.05) is 10.0 Å². The molecule has 1 aromatic carbocycles. The van der Waals surface area contributed by atoms with Crippen LogP contribution >= 0.6 is 15.9 Å². The molecular formula is C11H15BrFN3. The molecule has 0 spiro atoms. The molecule has 1 rings (SSSR count). The van der Waals surface area contributed by atoms with Crippen molar-refractivity contribution in [1.29, 1.82) is 0 Å². The summed E-state index contributed by atoms with van der Waals surface area (Å²) < 4.78 is 13.9. The number of hydrogen-bond acceptors (Lipinski definition) is 2. The molecule has 5 heteroatoms. The molecule has 3 nitrogen and oxygen atoms in total. The Morgan fingerprint density at radius 1 is 1.38 bits per heavy atom. The Hall–Kier alpha value is -0.940. The number of benzene rings is 1. The van der Waals surface area contributed by atoms with E-state index in [1.54, 1.807) is 6.07 Å². The molecule has 88 valence electrons. The number of nitrogens with one attached hydrogen (secondary N) is 1. The molecule has 0 aromatic heterocycles. The highest BCUT2D eigenvalue weighted by atomic mass is 79.9. The van der Waals surface area contributed by atoms with Crippen LogP contribution in [-0.2, 0) is 0 Å². The van der Waals surface area contributed by atoms with Crippen molar-refractivity contribution in [2.75, 3.05) is 0 Å². The van der Waals surface area contributed by atoms with Crippen molar-refractivity contribution in [3.63, 3.8) is 0 Å². The molecule has 0 aliphatic carbocycles. The molecule has 0 saturated heterocycles. The molecule has 0 fully saturated rings. The van der Waals surface area contributed by atoms with Gasteiger partial charge in [-0.2, -0.15) is 0 Å². The lowest BCUT2D eigenvalue weighted by molar-refractivity contribution is 0.579. The number of nitrogens with zero attached hydrogens (tertiary/aromatic N) is 1. The Balaban J connectivity index is 3.19. The summed E-state index contributed by atoms with van der Waals surface area (Å²) in [7, 11) is 0. The number of aliphatic imine (C=N–C) groups is 1. The first-order valence-electron chi connectivity index (χ1n) is 4.85. The lowest BCUT2D eigenvalue weighted by Gasteiger charge is -2.16. The molecule has 0 aliphatic rings. The molecule has 0 unspecified atom stereocenters. The zero-order chi connectivity index (χ0) is 12.3. The van der Waals surface area contributed by atoms with E-state index in [1.165, 1.54) is 12.1 Å². The highest BCUT2D eigenvalue weighted by Gasteiger charge is 2.12. The van der Waals surface area contributed by atoms with Crippen LogP contribution in [-0.4, -0.2) is 11.4 Å². The summed E-state index contributed by atoms with van der Waals surface area (Å²) in [6, 6.07) is 4.53. The summed E-state index contributed by atoms with van der Waals surface area (Å²) in [5.41, 5.74) is 2.83. The highest BCUT2D eigenvalue weighted by molar-refractivity contribution is 9.10. The van der Waals surface area contributed by atoms with Gasteiger partial charge in [-0.3, -0.25) is 4.99 Å². The second kappa shape index (κ2) is 4.93. The maximum Gasteiger partial charge on any atom is 0.143 e. The smallest absolute Gasteiger partial charge is 0.143 e. The Kier molecular flexibility index (Phi) is 4.04. The summed E-state index contributed by atoms with van der Waals surface area (Å²) >= 11 is 3.23. The van der Waals surface area contributed by atoms with E-state index in [9.17, 15) is 4.39 Å². The van der Waals surface area contributed by atoms with Gasteiger partial charge in [0.1, 0.15) is 11.7 Å². The van der Waals surface area contributed by atoms with E-state index in [2.05, 4.69) is 26.3 Å². The van der Waals surface area contributed by atoms with Crippen LogP contribution < -0.4 is 11.3 Å². The summed E-state index contributed by atoms with van der Waals surface area (Å²) in [6.07, 6.45) is 0. The van der Waals surface area contributed by atoms with Gasteiger partial charge in [0.2, 0.25) is 0 Å². The molecule has 0 amide bonds. The van der Waals surface area contributed by atoms with Crippen LogP contribution in [0.15, 0.2) is 27.7 Å². The van der Waals surface area contributed by atoms with Gasteiger partial charge < -0.3 is 5.43 Å². The first-order valence-corrected chi connectivity index (χ1v) is 5.64. The van der Waals surface area contributed by atoms with E-state index in [0.29, 0.717) is 15.9 Å². The van der Waals surface area contributed by atoms with Crippen molar-refractivity contribution >= 4 is 21.8 Å². The number of hydrazine groups is 1. The SMILES string of the molecule is CC(C)(C)N=C(NN)c1cc(F)cc(Br)c1. The molecule has 0 radical (unpaired) electrons. The monoisotopic (exact) mass is 287 g/mol. The summed E-state index contributed by atoms with van der Waals surface area (Å²) in [5, 5.41) is 0. The first-order chi connectivity index (χ1) is 7.31. The van der Waals surface area contributed by atoms with E-state index in [-0.39, 0.29) is 11.4 Å². The lowest BCUT2D eigenvalue weighted by atomic mass is 10.1. The second-order valence-electron chi connectivity index (χ2n) is 4.43. The first kappa shape index (κ1) is 13.1. The minimum atomic E-state index is -0.332. The fourth-order valence-corrected chi connectivity index (χ4v) is 1.67. The standard InChI is InChI=1S/C11H15BrFN3/c1-11(2,3)15-10(16-14)7-4-8(12)6-9(13)5-7/h4-6H,14H2,1-3H3,(H,15,16). The average Bonchev–Trinajstić information content (AvgIpc) is 2.11. The zero-order valence-electron chi connectivity index (χ0n) is 9.51. The van der Waals surface area contributed by atoms with Gasteiger partial charge in [0.25, 0.3) is 0 Å². The number of amidine groups is 1. The van der Waals surface area contributed by atoms with Gasteiger partial charge in [0.15, 0.2) is 0 Å². The van der Waals surface area contributed by atoms with E-state index < -0.39 is 0 Å². The maximum absolute atomic E-state index is 13.2. The fourth-order valence-electron chi connectivity index (χ4n) is 1.21. The van der Waals surface area contributed by atoms with Crippen molar-refractivity contribution in [2.45, 2.75) is 26.3 Å². The molecule has 1 aromatic rings. The van der Waals surface area contributed by atoms with E-state index in [0.717, 1.165) is 0 Å². The van der Waals surface area contributed by atoms with Crippen molar-refractivity contribution < 1.29 is 4.39 Å². The Morgan fingerprint density at radius 2 is 2.00 bits per heavy atom. The normalized spacial score (nSPS) is 12.8. The quantitative estimate of drug-likeness (QED) is 0.361. The van der Waals surface area contributed by atoms with Crippen molar-refractivity contribution in [1.82, 2.24) is 5.43 Å². The van der Waals surface area contributed by atoms with Crippen molar-refractivity contribution in [2.24, 2.45) is 10.8 Å². The molecule has 0 aliphatic heterocycles. The van der Waals surface area contributed by atoms with Gasteiger partial charge in [-0.1, -0.05) is 15.9 Å². The third-order valence-electron chi connectivity index (χ3n) is 1.72. The van der Waals surface area contributed by atoms with Crippen LogP contribution in [0.3, 0.4) is 0 Å². The van der Waals surface area contributed by atoms with E-state index >= 15 is 0 Å². The second-order valence-corrected chi connectivity index (χ2v) is 5.35. The molecule has 16 heavy (non-hydrogen) atoms. The molecule has 0 saturated carbocycles. The minimum absolute atomic E-state index is 0.277. The third-order valence-corrected chi connectivity index (χ3v) is 2.18. The molecule has 0 bridgehead atoms. The predicted molar refractivity (Wildman–Crippen MR) is 67.7 cm³/mol. The maximum atomic E-state index is 13.2. The van der Waals surface area contributed by atoms with Crippen LogP contribution in [0.4, 0.5) is 4.39 Å². The average molecular weight is 288 g/mol. The summed E-state index contributed by atoms with van der Waals surface area (Å²) in [4.78, 5) is 4.37. The largest absolute Gasteiger partial charge is 0.308 e. The number of rotatable bonds is 1. The lowest BCUT2D eigenvalue weighted by Crippen LogP contribution is -2.33. The summed E-state index contributed by atoms with van der Waals surface area (Å²) in [6.45, 7) is 5.83. The van der Waals surface area contributed by atoms with Crippen LogP contribution in [0.2, 0.25) is 0 Å². The van der Waals surface area contributed by atoms with Gasteiger partial charge >= 0.3 is 0 Å². The molecule has 0 heterocycles. The fraction of sp³-hybridized carbons (Fsp3) is 0.364. The highest BCUT2D eigenvalue weighted by Crippen LogP contribution is 2.16. The Labute approximate surface area is 103 Å². The Morgan fingerprint density at radius 3 is 2.44 bits per heavy atom. The molecule has 3 N–H and O–H groups in total. The zero-order valence-corrected chi connectivity index (χ0v) is 11.1. The molecule has 0 atom stereocenters. The van der Waals surface area contributed by atoms with Crippen LogP contribution in [0.5, 0.6) is 0 Å². The van der Waals surface area contributed by atoms with E-state index in [4.69, 9.17) is 5.84 Å². The van der Waals surface area contributed by atoms with Crippen LogP contribution in [0.1, 0.15) is 26.3 Å². The van der Waals surface area contributed by atoms with Crippen LogP contribution in [0.25, 0.3) is 0 Å².